The minimum absolute atomic E-state index is 0.0289. The van der Waals surface area contributed by atoms with Crippen molar-refractivity contribution in [2.45, 2.75) is 38.7 Å². The highest BCUT2D eigenvalue weighted by Crippen LogP contribution is 2.46. The summed E-state index contributed by atoms with van der Waals surface area (Å²) in [5.74, 6) is -0.290. The molecular formula is C25H25NO5. The van der Waals surface area contributed by atoms with Crippen molar-refractivity contribution in [3.8, 4) is 5.75 Å². The van der Waals surface area contributed by atoms with Gasteiger partial charge in [-0.3, -0.25) is 4.79 Å². The van der Waals surface area contributed by atoms with Gasteiger partial charge in [0.2, 0.25) is 5.88 Å². The third-order valence-electron chi connectivity index (χ3n) is 5.60. The van der Waals surface area contributed by atoms with Gasteiger partial charge in [-0.1, -0.05) is 48.0 Å². The van der Waals surface area contributed by atoms with Gasteiger partial charge in [-0.2, -0.15) is 0 Å². The molecule has 0 saturated carbocycles. The second-order valence-corrected chi connectivity index (χ2v) is 7.73. The molecule has 0 aromatic heterocycles. The fourth-order valence-corrected chi connectivity index (χ4v) is 4.19. The first kappa shape index (κ1) is 20.7. The van der Waals surface area contributed by atoms with Gasteiger partial charge in [0.25, 0.3) is 0 Å². The molecule has 2 aromatic rings. The first-order valence-electron chi connectivity index (χ1n) is 10.3. The molecule has 1 atom stereocenters. The zero-order valence-electron chi connectivity index (χ0n) is 17.6. The van der Waals surface area contributed by atoms with E-state index in [2.05, 4.69) is 6.07 Å². The normalized spacial score (nSPS) is 18.4. The summed E-state index contributed by atoms with van der Waals surface area (Å²) < 4.78 is 16.8. The second-order valence-electron chi connectivity index (χ2n) is 7.73. The van der Waals surface area contributed by atoms with Crippen molar-refractivity contribution < 1.29 is 23.8 Å². The van der Waals surface area contributed by atoms with Gasteiger partial charge in [-0.05, 0) is 25.0 Å². The van der Waals surface area contributed by atoms with Crippen molar-refractivity contribution in [2.75, 3.05) is 7.11 Å². The highest BCUT2D eigenvalue weighted by molar-refractivity contribution is 6.03. The molecule has 1 heterocycles. The fourth-order valence-electron chi connectivity index (χ4n) is 4.19. The Labute approximate surface area is 181 Å². The molecule has 0 bridgehead atoms. The average molecular weight is 419 g/mol. The van der Waals surface area contributed by atoms with Gasteiger partial charge < -0.3 is 19.9 Å². The number of para-hydroxylation sites is 1. The number of hydrogen-bond acceptors (Lipinski definition) is 6. The van der Waals surface area contributed by atoms with E-state index in [4.69, 9.17) is 19.9 Å². The molecule has 31 heavy (non-hydrogen) atoms. The molecule has 1 aliphatic carbocycles. The minimum Gasteiger partial charge on any atom is -0.489 e. The molecule has 4 rings (SSSR count). The van der Waals surface area contributed by atoms with Gasteiger partial charge in [0.1, 0.15) is 23.7 Å². The number of nitrogens with two attached hydrogens (primary N) is 1. The van der Waals surface area contributed by atoms with E-state index in [1.807, 2.05) is 49.4 Å². The topological polar surface area (TPSA) is 87.9 Å². The number of aryl methyl sites for hydroxylation is 1. The highest BCUT2D eigenvalue weighted by atomic mass is 16.5. The number of carbonyl (C=O) groups is 2. The van der Waals surface area contributed by atoms with Crippen LogP contribution in [0.1, 0.15) is 41.9 Å². The van der Waals surface area contributed by atoms with Crippen LogP contribution < -0.4 is 10.5 Å². The Morgan fingerprint density at radius 1 is 1.16 bits per heavy atom. The van der Waals surface area contributed by atoms with Gasteiger partial charge >= 0.3 is 5.97 Å². The number of Topliss-reactive ketones (excluding diaryl/α,β-unsaturated/α-hetero) is 1. The molecule has 2 aromatic carbocycles. The predicted octanol–water partition coefficient (Wildman–Crippen LogP) is 4.04. The molecule has 6 heteroatoms. The molecule has 1 aliphatic heterocycles. The Kier molecular flexibility index (Phi) is 5.80. The van der Waals surface area contributed by atoms with Crippen LogP contribution in [-0.2, 0) is 25.7 Å². The van der Waals surface area contributed by atoms with Crippen LogP contribution >= 0.6 is 0 Å². The van der Waals surface area contributed by atoms with Crippen molar-refractivity contribution >= 4 is 11.8 Å². The summed E-state index contributed by atoms with van der Waals surface area (Å²) in [6, 6.07) is 15.4. The number of carbonyl (C=O) groups excluding carboxylic acids is 2. The van der Waals surface area contributed by atoms with Crippen LogP contribution in [0.4, 0.5) is 0 Å². The van der Waals surface area contributed by atoms with E-state index >= 15 is 0 Å². The van der Waals surface area contributed by atoms with Crippen LogP contribution in [0.5, 0.6) is 5.75 Å². The van der Waals surface area contributed by atoms with Crippen LogP contribution in [0.25, 0.3) is 0 Å². The molecule has 2 N–H and O–H groups in total. The quantitative estimate of drug-likeness (QED) is 0.736. The average Bonchev–Trinajstić information content (AvgIpc) is 2.77. The Morgan fingerprint density at radius 3 is 2.74 bits per heavy atom. The molecule has 160 valence electrons. The number of methoxy groups -OCH3 is 1. The monoisotopic (exact) mass is 419 g/mol. The zero-order valence-corrected chi connectivity index (χ0v) is 17.6. The maximum Gasteiger partial charge on any atom is 0.340 e. The first-order valence-corrected chi connectivity index (χ1v) is 10.3. The zero-order chi connectivity index (χ0) is 22.0. The lowest BCUT2D eigenvalue weighted by Gasteiger charge is -2.32. The van der Waals surface area contributed by atoms with Crippen LogP contribution in [0.3, 0.4) is 0 Å². The number of benzene rings is 2. The minimum atomic E-state index is -0.697. The standard InChI is InChI=1S/C25H25NO5/c1-15-7-5-8-16(13-15)14-30-19-11-4-3-9-17(19)21-22-18(27)10-6-12-20(22)31-24(26)23(21)25(28)29-2/h3-5,7-9,11,13,21H,6,10,12,14,26H2,1-2H3/t21-/m0/s1. The largest absolute Gasteiger partial charge is 0.489 e. The van der Waals surface area contributed by atoms with Gasteiger partial charge in [0.15, 0.2) is 5.78 Å². The van der Waals surface area contributed by atoms with E-state index in [0.717, 1.165) is 11.1 Å². The van der Waals surface area contributed by atoms with Crippen LogP contribution in [0.2, 0.25) is 0 Å². The summed E-state index contributed by atoms with van der Waals surface area (Å²) in [7, 11) is 1.28. The predicted molar refractivity (Wildman–Crippen MR) is 115 cm³/mol. The van der Waals surface area contributed by atoms with Crippen molar-refractivity contribution in [1.82, 2.24) is 0 Å². The van der Waals surface area contributed by atoms with Crippen molar-refractivity contribution in [2.24, 2.45) is 5.73 Å². The van der Waals surface area contributed by atoms with E-state index in [1.165, 1.54) is 7.11 Å². The van der Waals surface area contributed by atoms with Gasteiger partial charge in [-0.25, -0.2) is 4.79 Å². The van der Waals surface area contributed by atoms with Crippen LogP contribution in [0, 0.1) is 6.92 Å². The SMILES string of the molecule is COC(=O)C1=C(N)OC2=C(C(=O)CCC2)[C@@H]1c1ccccc1OCc1cccc(C)c1. The summed E-state index contributed by atoms with van der Waals surface area (Å²) in [4.78, 5) is 25.6. The molecule has 0 radical (unpaired) electrons. The lowest BCUT2D eigenvalue weighted by atomic mass is 9.77. The molecule has 6 nitrogen and oxygen atoms in total. The summed E-state index contributed by atoms with van der Waals surface area (Å²) >= 11 is 0. The molecule has 0 amide bonds. The molecule has 0 spiro atoms. The Morgan fingerprint density at radius 2 is 1.97 bits per heavy atom. The van der Waals surface area contributed by atoms with E-state index in [9.17, 15) is 9.59 Å². The summed E-state index contributed by atoms with van der Waals surface area (Å²) in [5.41, 5.74) is 9.59. The highest BCUT2D eigenvalue weighted by Gasteiger charge is 2.42. The smallest absolute Gasteiger partial charge is 0.340 e. The Bertz CT molecular complexity index is 1100. The van der Waals surface area contributed by atoms with Gasteiger partial charge in [0, 0.05) is 24.0 Å². The maximum atomic E-state index is 12.9. The Balaban J connectivity index is 1.78. The summed E-state index contributed by atoms with van der Waals surface area (Å²) in [5, 5.41) is 0. The van der Waals surface area contributed by atoms with Crippen molar-refractivity contribution in [3.63, 3.8) is 0 Å². The number of hydrogen-bond donors (Lipinski definition) is 1. The Hall–Kier alpha value is -3.54. The van der Waals surface area contributed by atoms with E-state index in [0.29, 0.717) is 48.5 Å². The molecule has 0 fully saturated rings. The molecule has 2 aliphatic rings. The van der Waals surface area contributed by atoms with E-state index in [-0.39, 0.29) is 17.2 Å². The lowest BCUT2D eigenvalue weighted by molar-refractivity contribution is -0.136. The number of allylic oxidation sites excluding steroid dienone is 2. The number of ether oxygens (including phenoxy) is 3. The molecule has 0 unspecified atom stereocenters. The first-order chi connectivity index (χ1) is 15.0. The third kappa shape index (κ3) is 4.06. The fraction of sp³-hybridized carbons (Fsp3) is 0.280. The van der Waals surface area contributed by atoms with Gasteiger partial charge in [0.05, 0.1) is 13.0 Å². The second kappa shape index (κ2) is 8.68. The molecular weight excluding hydrogens is 394 g/mol. The van der Waals surface area contributed by atoms with Crippen molar-refractivity contribution in [1.29, 1.82) is 0 Å². The summed E-state index contributed by atoms with van der Waals surface area (Å²) in [6.45, 7) is 2.38. The van der Waals surface area contributed by atoms with Crippen LogP contribution in [-0.4, -0.2) is 18.9 Å². The maximum absolute atomic E-state index is 12.9. The van der Waals surface area contributed by atoms with E-state index < -0.39 is 11.9 Å². The molecule has 0 saturated heterocycles. The number of ketones is 1. The van der Waals surface area contributed by atoms with E-state index in [1.54, 1.807) is 0 Å². The number of esters is 1. The van der Waals surface area contributed by atoms with Gasteiger partial charge in [-0.15, -0.1) is 0 Å². The summed E-state index contributed by atoms with van der Waals surface area (Å²) in [6.07, 6.45) is 1.69. The third-order valence-corrected chi connectivity index (χ3v) is 5.60. The number of rotatable bonds is 5. The van der Waals surface area contributed by atoms with Crippen LogP contribution in [0.15, 0.2) is 71.3 Å². The lowest BCUT2D eigenvalue weighted by Crippen LogP contribution is -2.31. The van der Waals surface area contributed by atoms with Crippen molar-refractivity contribution in [3.05, 3.63) is 88.0 Å².